The molecule has 0 N–H and O–H groups in total. The number of rotatable bonds is 1. The Morgan fingerprint density at radius 1 is 0.882 bits per heavy atom. The molecule has 1 nitrogen and oxygen atoms in total. The first kappa shape index (κ1) is 10.2. The largest absolute Gasteiger partial charge is 0.496 e. The number of fused-ring (bicyclic) bond motifs is 1. The van der Waals surface area contributed by atoms with Crippen LogP contribution in [0.3, 0.4) is 0 Å². The first-order chi connectivity index (χ1) is 8.36. The maximum Gasteiger partial charge on any atom is 0.113 e. The average molecular weight is 222 g/mol. The van der Waals surface area contributed by atoms with Gasteiger partial charge in [-0.15, -0.1) is 0 Å². The van der Waals surface area contributed by atoms with E-state index in [2.05, 4.69) is 55.5 Å². The number of benzene rings is 2. The van der Waals surface area contributed by atoms with Crippen LogP contribution in [0.15, 0.2) is 54.8 Å². The zero-order valence-corrected chi connectivity index (χ0v) is 9.81. The fourth-order valence-corrected chi connectivity index (χ4v) is 2.27. The van der Waals surface area contributed by atoms with Gasteiger partial charge >= 0.3 is 0 Å². The van der Waals surface area contributed by atoms with Gasteiger partial charge in [-0.25, -0.2) is 0 Å². The van der Waals surface area contributed by atoms with Crippen LogP contribution in [0.25, 0.3) is 5.57 Å². The Kier molecular flexibility index (Phi) is 2.45. The van der Waals surface area contributed by atoms with E-state index in [1.807, 2.05) is 6.26 Å². The molecule has 0 radical (unpaired) electrons. The van der Waals surface area contributed by atoms with Gasteiger partial charge in [-0.1, -0.05) is 48.5 Å². The van der Waals surface area contributed by atoms with Crippen LogP contribution in [0.4, 0.5) is 0 Å². The maximum atomic E-state index is 5.56. The van der Waals surface area contributed by atoms with E-state index < -0.39 is 0 Å². The summed E-state index contributed by atoms with van der Waals surface area (Å²) in [5.74, 6) is 0. The molecular weight excluding hydrogens is 208 g/mol. The van der Waals surface area contributed by atoms with Crippen LogP contribution in [0, 0.1) is 6.92 Å². The first-order valence-corrected chi connectivity index (χ1v) is 5.82. The van der Waals surface area contributed by atoms with Gasteiger partial charge in [-0.05, 0) is 29.2 Å². The number of hydrogen-bond acceptors (Lipinski definition) is 1. The van der Waals surface area contributed by atoms with E-state index in [0.717, 1.165) is 0 Å². The van der Waals surface area contributed by atoms with E-state index in [1.165, 1.54) is 27.8 Å². The van der Waals surface area contributed by atoms with Crippen molar-refractivity contribution in [3.63, 3.8) is 0 Å². The summed E-state index contributed by atoms with van der Waals surface area (Å²) < 4.78 is 5.56. The second kappa shape index (κ2) is 4.10. The lowest BCUT2D eigenvalue weighted by Crippen LogP contribution is -2.03. The third-order valence-electron chi connectivity index (χ3n) is 3.18. The first-order valence-electron chi connectivity index (χ1n) is 5.82. The molecule has 0 saturated heterocycles. The van der Waals surface area contributed by atoms with Crippen LogP contribution >= 0.6 is 0 Å². The van der Waals surface area contributed by atoms with Gasteiger partial charge in [0.25, 0.3) is 0 Å². The molecule has 0 atom stereocenters. The third-order valence-corrected chi connectivity index (χ3v) is 3.18. The van der Waals surface area contributed by atoms with Crippen molar-refractivity contribution in [1.29, 1.82) is 0 Å². The van der Waals surface area contributed by atoms with E-state index in [9.17, 15) is 0 Å². The Labute approximate surface area is 101 Å². The van der Waals surface area contributed by atoms with Crippen molar-refractivity contribution in [2.24, 2.45) is 0 Å². The molecule has 84 valence electrons. The highest BCUT2D eigenvalue weighted by Gasteiger charge is 2.15. The van der Waals surface area contributed by atoms with Crippen LogP contribution in [-0.2, 0) is 11.3 Å². The second-order valence-electron chi connectivity index (χ2n) is 4.31. The Morgan fingerprint density at radius 3 is 2.41 bits per heavy atom. The van der Waals surface area contributed by atoms with Crippen LogP contribution in [0.1, 0.15) is 22.3 Å². The minimum absolute atomic E-state index is 0.672. The molecule has 1 aliphatic rings. The lowest BCUT2D eigenvalue weighted by molar-refractivity contribution is 0.233. The van der Waals surface area contributed by atoms with Gasteiger partial charge < -0.3 is 4.74 Å². The van der Waals surface area contributed by atoms with Crippen molar-refractivity contribution in [1.82, 2.24) is 0 Å². The Balaban J connectivity index is 2.17. The SMILES string of the molecule is Cc1ccccc1C1=COCc2ccccc21. The van der Waals surface area contributed by atoms with E-state index in [0.29, 0.717) is 6.61 Å². The molecule has 0 bridgehead atoms. The Hall–Kier alpha value is -2.02. The van der Waals surface area contributed by atoms with Crippen LogP contribution in [0.5, 0.6) is 0 Å². The maximum absolute atomic E-state index is 5.56. The van der Waals surface area contributed by atoms with Gasteiger partial charge in [0.2, 0.25) is 0 Å². The highest BCUT2D eigenvalue weighted by Crippen LogP contribution is 2.31. The van der Waals surface area contributed by atoms with Crippen molar-refractivity contribution in [3.05, 3.63) is 77.0 Å². The molecule has 1 aliphatic heterocycles. The molecule has 0 amide bonds. The molecule has 0 spiro atoms. The molecule has 17 heavy (non-hydrogen) atoms. The summed E-state index contributed by atoms with van der Waals surface area (Å²) in [6.45, 7) is 2.80. The predicted molar refractivity (Wildman–Crippen MR) is 69.5 cm³/mol. The molecule has 1 heteroatoms. The van der Waals surface area contributed by atoms with Gasteiger partial charge in [0.05, 0.1) is 6.26 Å². The summed E-state index contributed by atoms with van der Waals surface area (Å²) in [4.78, 5) is 0. The third kappa shape index (κ3) is 1.74. The summed E-state index contributed by atoms with van der Waals surface area (Å²) in [5, 5.41) is 0. The predicted octanol–water partition coefficient (Wildman–Crippen LogP) is 3.91. The molecule has 0 fully saturated rings. The van der Waals surface area contributed by atoms with Gasteiger partial charge in [0.15, 0.2) is 0 Å². The monoisotopic (exact) mass is 222 g/mol. The molecule has 2 aromatic carbocycles. The topological polar surface area (TPSA) is 9.23 Å². The normalized spacial score (nSPS) is 13.6. The van der Waals surface area contributed by atoms with Gasteiger partial charge in [0.1, 0.15) is 6.61 Å². The van der Waals surface area contributed by atoms with E-state index in [1.54, 1.807) is 0 Å². The quantitative estimate of drug-likeness (QED) is 0.710. The minimum Gasteiger partial charge on any atom is -0.496 e. The van der Waals surface area contributed by atoms with Crippen LogP contribution in [-0.4, -0.2) is 0 Å². The van der Waals surface area contributed by atoms with E-state index in [4.69, 9.17) is 4.74 Å². The van der Waals surface area contributed by atoms with Crippen molar-refractivity contribution >= 4 is 5.57 Å². The highest BCUT2D eigenvalue weighted by atomic mass is 16.5. The fraction of sp³-hybridized carbons (Fsp3) is 0.125. The van der Waals surface area contributed by atoms with Crippen molar-refractivity contribution in [3.8, 4) is 0 Å². The molecular formula is C16H14O. The van der Waals surface area contributed by atoms with Crippen LogP contribution < -0.4 is 0 Å². The standard InChI is InChI=1S/C16H14O/c1-12-6-2-4-8-14(12)16-11-17-10-13-7-3-5-9-15(13)16/h2-9,11H,10H2,1H3. The van der Waals surface area contributed by atoms with E-state index in [-0.39, 0.29) is 0 Å². The Bertz CT molecular complexity index is 582. The highest BCUT2D eigenvalue weighted by molar-refractivity contribution is 5.82. The van der Waals surface area contributed by atoms with E-state index >= 15 is 0 Å². The number of hydrogen-bond donors (Lipinski definition) is 0. The summed E-state index contributed by atoms with van der Waals surface area (Å²) in [7, 11) is 0. The summed E-state index contributed by atoms with van der Waals surface area (Å²) in [5.41, 5.74) is 6.25. The average Bonchev–Trinajstić information content (AvgIpc) is 2.39. The van der Waals surface area contributed by atoms with Gasteiger partial charge in [-0.3, -0.25) is 0 Å². The summed E-state index contributed by atoms with van der Waals surface area (Å²) in [6, 6.07) is 16.8. The zero-order valence-electron chi connectivity index (χ0n) is 9.81. The van der Waals surface area contributed by atoms with Crippen molar-refractivity contribution in [2.75, 3.05) is 0 Å². The second-order valence-corrected chi connectivity index (χ2v) is 4.31. The number of aryl methyl sites for hydroxylation is 1. The molecule has 2 aromatic rings. The molecule has 0 unspecified atom stereocenters. The summed E-state index contributed by atoms with van der Waals surface area (Å²) >= 11 is 0. The molecule has 0 aromatic heterocycles. The minimum atomic E-state index is 0.672. The Morgan fingerprint density at radius 2 is 1.59 bits per heavy atom. The fourth-order valence-electron chi connectivity index (χ4n) is 2.27. The van der Waals surface area contributed by atoms with Gasteiger partial charge in [0, 0.05) is 5.57 Å². The smallest absolute Gasteiger partial charge is 0.113 e. The van der Waals surface area contributed by atoms with Crippen LogP contribution in [0.2, 0.25) is 0 Å². The van der Waals surface area contributed by atoms with Crippen molar-refractivity contribution < 1.29 is 4.74 Å². The summed E-state index contributed by atoms with van der Waals surface area (Å²) in [6.07, 6.45) is 1.88. The molecule has 3 rings (SSSR count). The molecule has 1 heterocycles. The molecule has 0 aliphatic carbocycles. The lowest BCUT2D eigenvalue weighted by atomic mass is 9.91. The zero-order chi connectivity index (χ0) is 11.7. The lowest BCUT2D eigenvalue weighted by Gasteiger charge is -2.19. The van der Waals surface area contributed by atoms with Crippen molar-refractivity contribution in [2.45, 2.75) is 13.5 Å². The number of ether oxygens (including phenoxy) is 1. The molecule has 0 saturated carbocycles. The van der Waals surface area contributed by atoms with Gasteiger partial charge in [-0.2, -0.15) is 0 Å².